The number of carboxylic acids is 1. The molecule has 0 radical (unpaired) electrons. The van der Waals surface area contributed by atoms with Crippen molar-refractivity contribution in [3.05, 3.63) is 59.7 Å². The van der Waals surface area contributed by atoms with Crippen molar-refractivity contribution in [3.63, 3.8) is 0 Å². The third-order valence-corrected chi connectivity index (χ3v) is 6.22. The average molecular weight is 422 g/mol. The molecular weight excluding hydrogens is 396 g/mol. The first-order valence-electron chi connectivity index (χ1n) is 10.6. The van der Waals surface area contributed by atoms with Gasteiger partial charge in [-0.3, -0.25) is 9.59 Å². The van der Waals surface area contributed by atoms with Crippen LogP contribution < -0.4 is 10.6 Å². The van der Waals surface area contributed by atoms with E-state index in [1.54, 1.807) is 6.92 Å². The summed E-state index contributed by atoms with van der Waals surface area (Å²) in [5.74, 6) is -2.00. The number of nitrogens with one attached hydrogen (secondary N) is 2. The van der Waals surface area contributed by atoms with E-state index in [9.17, 15) is 14.4 Å². The van der Waals surface area contributed by atoms with Gasteiger partial charge in [0.2, 0.25) is 5.91 Å². The molecule has 4 rings (SSSR count). The molecule has 0 aliphatic heterocycles. The molecule has 2 amide bonds. The molecule has 2 aliphatic carbocycles. The number of ether oxygens (including phenoxy) is 1. The number of hydrogen-bond donors (Lipinski definition) is 3. The van der Waals surface area contributed by atoms with Gasteiger partial charge in [-0.2, -0.15) is 0 Å². The van der Waals surface area contributed by atoms with Crippen molar-refractivity contribution in [2.45, 2.75) is 37.6 Å². The highest BCUT2D eigenvalue weighted by molar-refractivity contribution is 5.93. The molecule has 3 N–H and O–H groups in total. The topological polar surface area (TPSA) is 105 Å². The molecule has 2 aromatic carbocycles. The Labute approximate surface area is 180 Å². The lowest BCUT2D eigenvalue weighted by Gasteiger charge is -2.20. The second-order valence-corrected chi connectivity index (χ2v) is 8.19. The molecule has 7 heteroatoms. The zero-order valence-electron chi connectivity index (χ0n) is 17.4. The van der Waals surface area contributed by atoms with Gasteiger partial charge < -0.3 is 20.5 Å². The molecule has 31 heavy (non-hydrogen) atoms. The van der Waals surface area contributed by atoms with Gasteiger partial charge >= 0.3 is 12.1 Å². The van der Waals surface area contributed by atoms with Crippen LogP contribution >= 0.6 is 0 Å². The molecule has 2 aliphatic rings. The lowest BCUT2D eigenvalue weighted by atomic mass is 9.98. The summed E-state index contributed by atoms with van der Waals surface area (Å²) in [5, 5.41) is 14.5. The van der Waals surface area contributed by atoms with Crippen LogP contribution in [0.5, 0.6) is 0 Å². The van der Waals surface area contributed by atoms with Crippen LogP contribution in [0.25, 0.3) is 11.1 Å². The first-order chi connectivity index (χ1) is 14.9. The van der Waals surface area contributed by atoms with Gasteiger partial charge in [-0.25, -0.2) is 4.79 Å². The summed E-state index contributed by atoms with van der Waals surface area (Å²) in [6, 6.07) is 16.2. The summed E-state index contributed by atoms with van der Waals surface area (Å²) in [6.07, 6.45) is 0.794. The fraction of sp³-hybridized carbons (Fsp3) is 0.375. The Morgan fingerprint density at radius 1 is 1.06 bits per heavy atom. The number of carbonyl (C=O) groups is 3. The number of carbonyl (C=O) groups excluding carboxylic acids is 2. The monoisotopic (exact) mass is 422 g/mol. The van der Waals surface area contributed by atoms with Gasteiger partial charge in [0.05, 0.1) is 5.92 Å². The van der Waals surface area contributed by atoms with Crippen LogP contribution in [0.15, 0.2) is 48.5 Å². The SMILES string of the molecule is CCC(CNC(=O)C1(NC(=O)OCC2c3ccccc3-c3ccccc32)CC1)C(=O)O. The third-order valence-electron chi connectivity index (χ3n) is 6.22. The summed E-state index contributed by atoms with van der Waals surface area (Å²) in [6.45, 7) is 1.97. The number of alkyl carbamates (subject to hydrolysis) is 1. The van der Waals surface area contributed by atoms with Crippen LogP contribution in [0.4, 0.5) is 4.79 Å². The van der Waals surface area contributed by atoms with Gasteiger partial charge in [0.25, 0.3) is 0 Å². The summed E-state index contributed by atoms with van der Waals surface area (Å²) >= 11 is 0. The number of rotatable bonds is 8. The van der Waals surface area contributed by atoms with E-state index >= 15 is 0 Å². The number of carboxylic acid groups (broad SMARTS) is 1. The highest BCUT2D eigenvalue weighted by Crippen LogP contribution is 2.44. The number of hydrogen-bond acceptors (Lipinski definition) is 4. The number of fused-ring (bicyclic) bond motifs is 3. The van der Waals surface area contributed by atoms with Crippen molar-refractivity contribution in [2.24, 2.45) is 5.92 Å². The van der Waals surface area contributed by atoms with Crippen LogP contribution in [0.2, 0.25) is 0 Å². The van der Waals surface area contributed by atoms with E-state index in [4.69, 9.17) is 9.84 Å². The third kappa shape index (κ3) is 4.13. The lowest BCUT2D eigenvalue weighted by Crippen LogP contribution is -2.50. The lowest BCUT2D eigenvalue weighted by molar-refractivity contribution is -0.141. The van der Waals surface area contributed by atoms with Crippen LogP contribution in [-0.2, 0) is 14.3 Å². The normalized spacial score (nSPS) is 16.5. The van der Waals surface area contributed by atoms with Crippen molar-refractivity contribution < 1.29 is 24.2 Å². The Morgan fingerprint density at radius 3 is 2.16 bits per heavy atom. The van der Waals surface area contributed by atoms with E-state index in [0.717, 1.165) is 22.3 Å². The van der Waals surface area contributed by atoms with Crippen molar-refractivity contribution in [1.29, 1.82) is 0 Å². The minimum absolute atomic E-state index is 0.0405. The highest BCUT2D eigenvalue weighted by atomic mass is 16.5. The van der Waals surface area contributed by atoms with Gasteiger partial charge in [-0.15, -0.1) is 0 Å². The zero-order valence-corrected chi connectivity index (χ0v) is 17.4. The molecule has 0 saturated heterocycles. The Balaban J connectivity index is 1.36. The summed E-state index contributed by atoms with van der Waals surface area (Å²) in [7, 11) is 0. The van der Waals surface area contributed by atoms with Crippen molar-refractivity contribution >= 4 is 18.0 Å². The maximum atomic E-state index is 12.5. The van der Waals surface area contributed by atoms with Gasteiger partial charge in [0.1, 0.15) is 12.1 Å². The fourth-order valence-electron chi connectivity index (χ4n) is 4.16. The summed E-state index contributed by atoms with van der Waals surface area (Å²) in [5.41, 5.74) is 3.53. The van der Waals surface area contributed by atoms with Crippen molar-refractivity contribution in [1.82, 2.24) is 10.6 Å². The number of aliphatic carboxylic acids is 1. The van der Waals surface area contributed by atoms with E-state index in [1.165, 1.54) is 0 Å². The van der Waals surface area contributed by atoms with Crippen LogP contribution in [-0.4, -0.2) is 41.8 Å². The molecule has 0 aromatic heterocycles. The van der Waals surface area contributed by atoms with Gasteiger partial charge in [-0.05, 0) is 41.5 Å². The molecule has 2 aromatic rings. The predicted octanol–water partition coefficient (Wildman–Crippen LogP) is 3.28. The predicted molar refractivity (Wildman–Crippen MR) is 115 cm³/mol. The number of benzene rings is 2. The molecule has 162 valence electrons. The van der Waals surface area contributed by atoms with Crippen LogP contribution in [0.1, 0.15) is 43.2 Å². The fourth-order valence-corrected chi connectivity index (χ4v) is 4.16. The quantitative estimate of drug-likeness (QED) is 0.606. The van der Waals surface area contributed by atoms with E-state index in [1.807, 2.05) is 36.4 Å². The second-order valence-electron chi connectivity index (χ2n) is 8.19. The Morgan fingerprint density at radius 2 is 1.65 bits per heavy atom. The molecule has 0 spiro atoms. The Bertz CT molecular complexity index is 969. The smallest absolute Gasteiger partial charge is 0.408 e. The van der Waals surface area contributed by atoms with Gasteiger partial charge in [0.15, 0.2) is 0 Å². The van der Waals surface area contributed by atoms with E-state index in [-0.39, 0.29) is 25.0 Å². The standard InChI is InChI=1S/C24H26N2O5/c1-2-15(21(27)28)13-25-22(29)24(11-12-24)26-23(30)31-14-20-18-9-5-3-7-16(18)17-8-4-6-10-19(17)20/h3-10,15,20H,2,11-14H2,1H3,(H,25,29)(H,26,30)(H,27,28). The minimum Gasteiger partial charge on any atom is -0.481 e. The maximum Gasteiger partial charge on any atom is 0.408 e. The first-order valence-corrected chi connectivity index (χ1v) is 10.6. The maximum absolute atomic E-state index is 12.5. The zero-order chi connectivity index (χ0) is 22.0. The average Bonchev–Trinajstić information content (AvgIpc) is 3.48. The van der Waals surface area contributed by atoms with Crippen molar-refractivity contribution in [3.8, 4) is 11.1 Å². The molecule has 1 atom stereocenters. The molecule has 1 unspecified atom stereocenters. The molecule has 1 saturated carbocycles. The second kappa shape index (κ2) is 8.41. The van der Waals surface area contributed by atoms with E-state index in [0.29, 0.717) is 19.3 Å². The summed E-state index contributed by atoms with van der Waals surface area (Å²) < 4.78 is 5.53. The van der Waals surface area contributed by atoms with Crippen LogP contribution in [0.3, 0.4) is 0 Å². The van der Waals surface area contributed by atoms with Gasteiger partial charge in [-0.1, -0.05) is 55.5 Å². The van der Waals surface area contributed by atoms with E-state index < -0.39 is 23.5 Å². The Hall–Kier alpha value is -3.35. The Kier molecular flexibility index (Phi) is 5.67. The summed E-state index contributed by atoms with van der Waals surface area (Å²) in [4.78, 5) is 36.1. The van der Waals surface area contributed by atoms with Crippen molar-refractivity contribution in [2.75, 3.05) is 13.2 Å². The number of amides is 2. The minimum atomic E-state index is -1.00. The first kappa shape index (κ1) is 20.9. The molecule has 7 nitrogen and oxygen atoms in total. The largest absolute Gasteiger partial charge is 0.481 e. The molecule has 1 fully saturated rings. The van der Waals surface area contributed by atoms with Crippen LogP contribution in [0, 0.1) is 5.92 Å². The molecule has 0 bridgehead atoms. The highest BCUT2D eigenvalue weighted by Gasteiger charge is 2.51. The molecular formula is C24H26N2O5. The molecule has 0 heterocycles. The van der Waals surface area contributed by atoms with E-state index in [2.05, 4.69) is 22.8 Å². The van der Waals surface area contributed by atoms with Gasteiger partial charge in [0, 0.05) is 12.5 Å².